The Bertz CT molecular complexity index is 1220. The molecule has 1 aliphatic carbocycles. The van der Waals surface area contributed by atoms with Gasteiger partial charge in [-0.05, 0) is 55.5 Å². The largest absolute Gasteiger partial charge is 0.494 e. The van der Waals surface area contributed by atoms with E-state index in [1.807, 2.05) is 6.07 Å². The van der Waals surface area contributed by atoms with Crippen molar-refractivity contribution >= 4 is 16.8 Å². The van der Waals surface area contributed by atoms with Crippen LogP contribution in [0.2, 0.25) is 0 Å². The normalized spacial score (nSPS) is 16.3. The Morgan fingerprint density at radius 3 is 2.71 bits per heavy atom. The van der Waals surface area contributed by atoms with Crippen LogP contribution in [0.1, 0.15) is 19.3 Å². The molecule has 0 atom stereocenters. The van der Waals surface area contributed by atoms with E-state index in [1.165, 1.54) is 4.57 Å². The van der Waals surface area contributed by atoms with E-state index in [2.05, 4.69) is 15.2 Å². The maximum atomic E-state index is 13.6. The smallest absolute Gasteiger partial charge is 0.262 e. The van der Waals surface area contributed by atoms with Crippen LogP contribution >= 0.6 is 0 Å². The van der Waals surface area contributed by atoms with Gasteiger partial charge in [-0.15, -0.1) is 0 Å². The minimum Gasteiger partial charge on any atom is -0.494 e. The second-order valence-corrected chi connectivity index (χ2v) is 9.15. The molecule has 5 rings (SSSR count). The quantitative estimate of drug-likeness (QED) is 0.447. The van der Waals surface area contributed by atoms with Gasteiger partial charge in [-0.1, -0.05) is 0 Å². The maximum absolute atomic E-state index is 13.6. The average molecular weight is 478 g/mol. The van der Waals surface area contributed by atoms with Crippen LogP contribution in [-0.2, 0) is 16.1 Å². The van der Waals surface area contributed by atoms with Gasteiger partial charge >= 0.3 is 0 Å². The average Bonchev–Trinajstić information content (AvgIpc) is 3.73. The van der Waals surface area contributed by atoms with Gasteiger partial charge in [0, 0.05) is 44.1 Å². The number of rotatable bonds is 10. The lowest BCUT2D eigenvalue weighted by atomic mass is 10.2. The van der Waals surface area contributed by atoms with Crippen LogP contribution < -0.4 is 15.6 Å². The summed E-state index contributed by atoms with van der Waals surface area (Å²) in [5.74, 6) is 1.45. The highest BCUT2D eigenvalue weighted by molar-refractivity contribution is 5.82. The number of carbonyl (C=O) groups excluding carboxylic acids is 1. The highest BCUT2D eigenvalue weighted by atomic mass is 16.5. The van der Waals surface area contributed by atoms with Gasteiger partial charge in [-0.25, -0.2) is 4.98 Å². The molecular weight excluding hydrogens is 446 g/mol. The molecule has 2 fully saturated rings. The summed E-state index contributed by atoms with van der Waals surface area (Å²) in [5, 5.41) is 3.38. The van der Waals surface area contributed by atoms with Gasteiger partial charge < -0.3 is 14.8 Å². The van der Waals surface area contributed by atoms with Crippen molar-refractivity contribution in [2.75, 3.05) is 46.0 Å². The predicted octanol–water partition coefficient (Wildman–Crippen LogP) is 2.09. The van der Waals surface area contributed by atoms with E-state index in [0.29, 0.717) is 41.5 Å². The topological polar surface area (TPSA) is 98.6 Å². The zero-order valence-corrected chi connectivity index (χ0v) is 19.8. The van der Waals surface area contributed by atoms with Crippen molar-refractivity contribution in [1.82, 2.24) is 24.8 Å². The molecule has 1 saturated carbocycles. The summed E-state index contributed by atoms with van der Waals surface area (Å²) < 4.78 is 12.8. The summed E-state index contributed by atoms with van der Waals surface area (Å²) >= 11 is 0. The molecule has 1 amide bonds. The summed E-state index contributed by atoms with van der Waals surface area (Å²) in [6.07, 6.45) is 6.49. The second-order valence-electron chi connectivity index (χ2n) is 9.15. The van der Waals surface area contributed by atoms with Gasteiger partial charge in [0.2, 0.25) is 5.91 Å². The number of ether oxygens (including phenoxy) is 2. The van der Waals surface area contributed by atoms with E-state index in [9.17, 15) is 9.59 Å². The van der Waals surface area contributed by atoms with E-state index in [0.717, 1.165) is 57.7 Å². The van der Waals surface area contributed by atoms with Gasteiger partial charge in [0.15, 0.2) is 0 Å². The fourth-order valence-corrected chi connectivity index (χ4v) is 4.24. The first-order chi connectivity index (χ1) is 17.2. The Labute approximate surface area is 204 Å². The van der Waals surface area contributed by atoms with Crippen molar-refractivity contribution in [2.45, 2.75) is 25.8 Å². The molecule has 0 unspecified atom stereocenters. The molecule has 3 aromatic rings. The molecule has 1 aliphatic heterocycles. The fraction of sp³-hybridized carbons (Fsp3) is 0.462. The van der Waals surface area contributed by atoms with Crippen LogP contribution in [0.25, 0.3) is 22.3 Å². The molecule has 2 aliphatic rings. The predicted molar refractivity (Wildman–Crippen MR) is 132 cm³/mol. The van der Waals surface area contributed by atoms with Crippen LogP contribution in [0.3, 0.4) is 0 Å². The molecule has 1 saturated heterocycles. The van der Waals surface area contributed by atoms with Crippen molar-refractivity contribution in [3.05, 3.63) is 53.1 Å². The Balaban J connectivity index is 1.35. The number of benzene rings is 1. The number of hydrogen-bond donors (Lipinski definition) is 1. The number of hydrogen-bond acceptors (Lipinski definition) is 7. The third kappa shape index (κ3) is 6.04. The molecule has 0 radical (unpaired) electrons. The van der Waals surface area contributed by atoms with E-state index in [-0.39, 0.29) is 18.0 Å². The number of morpholine rings is 1. The number of amides is 1. The zero-order valence-electron chi connectivity index (χ0n) is 19.8. The summed E-state index contributed by atoms with van der Waals surface area (Å²) in [5.41, 5.74) is 1.04. The van der Waals surface area contributed by atoms with E-state index >= 15 is 0 Å². The first-order valence-electron chi connectivity index (χ1n) is 12.3. The molecule has 1 N–H and O–H groups in total. The lowest BCUT2D eigenvalue weighted by Crippen LogP contribution is -2.37. The molecule has 2 aromatic heterocycles. The van der Waals surface area contributed by atoms with Gasteiger partial charge in [-0.3, -0.25) is 24.0 Å². The van der Waals surface area contributed by atoms with Crippen molar-refractivity contribution in [3.63, 3.8) is 0 Å². The number of nitrogens with zero attached hydrogens (tertiary/aromatic N) is 4. The number of aromatic nitrogens is 3. The summed E-state index contributed by atoms with van der Waals surface area (Å²) in [6.45, 7) is 5.55. The van der Waals surface area contributed by atoms with Crippen LogP contribution in [0.5, 0.6) is 5.75 Å². The van der Waals surface area contributed by atoms with E-state index < -0.39 is 0 Å². The van der Waals surface area contributed by atoms with Crippen molar-refractivity contribution < 1.29 is 14.3 Å². The Morgan fingerprint density at radius 1 is 1.14 bits per heavy atom. The van der Waals surface area contributed by atoms with Gasteiger partial charge in [0.05, 0.1) is 30.7 Å². The highest BCUT2D eigenvalue weighted by Crippen LogP contribution is 2.27. The van der Waals surface area contributed by atoms with E-state index in [1.54, 1.807) is 36.7 Å². The van der Waals surface area contributed by atoms with Gasteiger partial charge in [0.25, 0.3) is 5.56 Å². The van der Waals surface area contributed by atoms with E-state index in [4.69, 9.17) is 14.5 Å². The molecule has 184 valence electrons. The van der Waals surface area contributed by atoms with Crippen LogP contribution in [0.4, 0.5) is 0 Å². The Morgan fingerprint density at radius 2 is 1.94 bits per heavy atom. The highest BCUT2D eigenvalue weighted by Gasteiger charge is 2.22. The maximum Gasteiger partial charge on any atom is 0.262 e. The lowest BCUT2D eigenvalue weighted by Gasteiger charge is -2.26. The molecular formula is C26H31N5O4. The standard InChI is InChI=1S/C26H31N5O4/c32-24(28-17-19-2-3-19)18-31-25(20-6-8-27-9-7-20)29-23-5-4-21(16-22(23)26(31)33)35-13-1-10-30-11-14-34-15-12-30/h4-9,16,19H,1-3,10-15,17-18H2,(H,28,32). The first-order valence-corrected chi connectivity index (χ1v) is 12.3. The summed E-state index contributed by atoms with van der Waals surface area (Å²) in [4.78, 5) is 37.4. The molecule has 1 aromatic carbocycles. The van der Waals surface area contributed by atoms with Gasteiger partial charge in [-0.2, -0.15) is 0 Å². The molecule has 0 bridgehead atoms. The summed E-state index contributed by atoms with van der Waals surface area (Å²) in [6, 6.07) is 8.95. The SMILES string of the molecule is O=C(Cn1c(-c2ccncc2)nc2ccc(OCCCN3CCOCC3)cc2c1=O)NCC1CC1. The third-order valence-corrected chi connectivity index (χ3v) is 6.44. The van der Waals surface area contributed by atoms with Crippen molar-refractivity contribution in [3.8, 4) is 17.1 Å². The van der Waals surface area contributed by atoms with Crippen molar-refractivity contribution in [2.24, 2.45) is 5.92 Å². The minimum atomic E-state index is -0.262. The van der Waals surface area contributed by atoms with Gasteiger partial charge in [0.1, 0.15) is 18.1 Å². The van der Waals surface area contributed by atoms with Crippen LogP contribution in [0, 0.1) is 5.92 Å². The second kappa shape index (κ2) is 11.0. The molecule has 0 spiro atoms. The van der Waals surface area contributed by atoms with Crippen molar-refractivity contribution in [1.29, 1.82) is 0 Å². The van der Waals surface area contributed by atoms with Crippen LogP contribution in [-0.4, -0.2) is 71.3 Å². The third-order valence-electron chi connectivity index (χ3n) is 6.44. The summed E-state index contributed by atoms with van der Waals surface area (Å²) in [7, 11) is 0. The monoisotopic (exact) mass is 477 g/mol. The molecule has 3 heterocycles. The number of pyridine rings is 1. The first kappa shape index (κ1) is 23.4. The van der Waals surface area contributed by atoms with Crippen LogP contribution in [0.15, 0.2) is 47.5 Å². The zero-order chi connectivity index (χ0) is 24.0. The Kier molecular flexibility index (Phi) is 7.34. The molecule has 9 nitrogen and oxygen atoms in total. The Hall–Kier alpha value is -3.30. The number of nitrogens with one attached hydrogen (secondary N) is 1. The molecule has 35 heavy (non-hydrogen) atoms. The lowest BCUT2D eigenvalue weighted by molar-refractivity contribution is -0.121. The fourth-order valence-electron chi connectivity index (χ4n) is 4.24. The minimum absolute atomic E-state index is 0.0865. The number of carbonyl (C=O) groups is 1. The molecule has 9 heteroatoms. The number of fused-ring (bicyclic) bond motifs is 1.